The fourth-order valence-electron chi connectivity index (χ4n) is 1.92. The van der Waals surface area contributed by atoms with E-state index in [0.29, 0.717) is 37.3 Å². The molecule has 1 rings (SSSR count). The fourth-order valence-corrected chi connectivity index (χ4v) is 1.92. The molecule has 0 amide bonds. The maximum Gasteiger partial charge on any atom is 0.165 e. The van der Waals surface area contributed by atoms with Crippen LogP contribution in [0.2, 0.25) is 0 Å². The first-order chi connectivity index (χ1) is 9.08. The Kier molecular flexibility index (Phi) is 6.81. The second kappa shape index (κ2) is 8.12. The summed E-state index contributed by atoms with van der Waals surface area (Å²) in [4.78, 5) is 0. The van der Waals surface area contributed by atoms with Crippen molar-refractivity contribution in [1.82, 2.24) is 5.32 Å². The molecule has 0 saturated heterocycles. The number of hydrogen-bond donors (Lipinski definition) is 2. The summed E-state index contributed by atoms with van der Waals surface area (Å²) < 4.78 is 18.8. The van der Waals surface area contributed by atoms with E-state index >= 15 is 0 Å². The molecule has 108 valence electrons. The Bertz CT molecular complexity index is 382. The van der Waals surface area contributed by atoms with Crippen molar-refractivity contribution in [3.8, 4) is 5.75 Å². The van der Waals surface area contributed by atoms with Crippen LogP contribution < -0.4 is 15.8 Å². The normalized spacial score (nSPS) is 12.7. The quantitative estimate of drug-likeness (QED) is 0.761. The zero-order chi connectivity index (χ0) is 14.3. The fraction of sp³-hybridized carbons (Fsp3) is 0.600. The number of nitrogens with two attached hydrogens (primary N) is 1. The molecule has 4 heteroatoms. The summed E-state index contributed by atoms with van der Waals surface area (Å²) in [6.45, 7) is 8.80. The number of benzene rings is 1. The van der Waals surface area contributed by atoms with Crippen molar-refractivity contribution >= 4 is 0 Å². The van der Waals surface area contributed by atoms with Crippen LogP contribution in [0.5, 0.6) is 5.75 Å². The minimum atomic E-state index is -0.305. The monoisotopic (exact) mass is 268 g/mol. The lowest BCUT2D eigenvalue weighted by Crippen LogP contribution is -2.31. The highest BCUT2D eigenvalue weighted by Crippen LogP contribution is 2.18. The van der Waals surface area contributed by atoms with Gasteiger partial charge in [0.2, 0.25) is 0 Å². The van der Waals surface area contributed by atoms with E-state index in [0.717, 1.165) is 12.1 Å². The number of halogens is 1. The molecule has 0 aliphatic rings. The summed E-state index contributed by atoms with van der Waals surface area (Å²) in [5, 5.41) is 3.33. The maximum atomic E-state index is 13.6. The second-order valence-electron chi connectivity index (χ2n) is 5.07. The Morgan fingerprint density at radius 2 is 2.11 bits per heavy atom. The summed E-state index contributed by atoms with van der Waals surface area (Å²) in [6.07, 6.45) is 0. The van der Waals surface area contributed by atoms with Gasteiger partial charge < -0.3 is 15.8 Å². The summed E-state index contributed by atoms with van der Waals surface area (Å²) in [5.41, 5.74) is 6.63. The topological polar surface area (TPSA) is 47.3 Å². The molecule has 0 heterocycles. The predicted octanol–water partition coefficient (Wildman–Crippen LogP) is 2.54. The SMILES string of the molecule is CCOc1ccc(CNCC(CN)C(C)C)cc1F. The van der Waals surface area contributed by atoms with Crippen molar-refractivity contribution in [3.63, 3.8) is 0 Å². The third-order valence-electron chi connectivity index (χ3n) is 3.28. The molecule has 0 saturated carbocycles. The van der Waals surface area contributed by atoms with E-state index in [1.165, 1.54) is 6.07 Å². The third kappa shape index (κ3) is 5.17. The molecule has 1 atom stereocenters. The predicted molar refractivity (Wildman–Crippen MR) is 76.7 cm³/mol. The first-order valence-electron chi connectivity index (χ1n) is 6.90. The zero-order valence-electron chi connectivity index (χ0n) is 12.1. The van der Waals surface area contributed by atoms with Gasteiger partial charge in [0.05, 0.1) is 6.61 Å². The van der Waals surface area contributed by atoms with Crippen LogP contribution in [0.3, 0.4) is 0 Å². The Morgan fingerprint density at radius 1 is 1.37 bits per heavy atom. The summed E-state index contributed by atoms with van der Waals surface area (Å²) >= 11 is 0. The van der Waals surface area contributed by atoms with Gasteiger partial charge in [0.25, 0.3) is 0 Å². The zero-order valence-corrected chi connectivity index (χ0v) is 12.1. The van der Waals surface area contributed by atoms with Gasteiger partial charge >= 0.3 is 0 Å². The second-order valence-corrected chi connectivity index (χ2v) is 5.07. The lowest BCUT2D eigenvalue weighted by atomic mass is 9.96. The van der Waals surface area contributed by atoms with Gasteiger partial charge in [-0.25, -0.2) is 4.39 Å². The molecule has 19 heavy (non-hydrogen) atoms. The van der Waals surface area contributed by atoms with Crippen LogP contribution >= 0.6 is 0 Å². The molecular weight excluding hydrogens is 243 g/mol. The molecule has 0 radical (unpaired) electrons. The highest BCUT2D eigenvalue weighted by atomic mass is 19.1. The first-order valence-corrected chi connectivity index (χ1v) is 6.90. The first kappa shape index (κ1) is 15.9. The van der Waals surface area contributed by atoms with E-state index in [1.54, 1.807) is 6.07 Å². The molecule has 0 aromatic heterocycles. The molecule has 3 N–H and O–H groups in total. The summed E-state index contributed by atoms with van der Waals surface area (Å²) in [6, 6.07) is 5.08. The Morgan fingerprint density at radius 3 is 2.63 bits per heavy atom. The average Bonchev–Trinajstić information content (AvgIpc) is 2.37. The highest BCUT2D eigenvalue weighted by molar-refractivity contribution is 5.29. The molecular formula is C15H25FN2O. The van der Waals surface area contributed by atoms with Crippen molar-refractivity contribution in [3.05, 3.63) is 29.6 Å². The Balaban J connectivity index is 2.47. The average molecular weight is 268 g/mol. The molecule has 1 aromatic carbocycles. The van der Waals surface area contributed by atoms with Gasteiger partial charge in [0, 0.05) is 6.54 Å². The Labute approximate surface area is 115 Å². The van der Waals surface area contributed by atoms with Crippen LogP contribution in [0.1, 0.15) is 26.3 Å². The molecule has 1 unspecified atom stereocenters. The van der Waals surface area contributed by atoms with Gasteiger partial charge in [-0.1, -0.05) is 19.9 Å². The van der Waals surface area contributed by atoms with Crippen LogP contribution in [0.15, 0.2) is 18.2 Å². The number of rotatable bonds is 8. The van der Waals surface area contributed by atoms with Gasteiger partial charge in [-0.15, -0.1) is 0 Å². The molecule has 0 bridgehead atoms. The summed E-state index contributed by atoms with van der Waals surface area (Å²) in [5.74, 6) is 1.01. The maximum absolute atomic E-state index is 13.6. The summed E-state index contributed by atoms with van der Waals surface area (Å²) in [7, 11) is 0. The smallest absolute Gasteiger partial charge is 0.165 e. The number of ether oxygens (including phenoxy) is 1. The van der Waals surface area contributed by atoms with E-state index in [2.05, 4.69) is 19.2 Å². The highest BCUT2D eigenvalue weighted by Gasteiger charge is 2.11. The van der Waals surface area contributed by atoms with Crippen molar-refractivity contribution in [2.75, 3.05) is 19.7 Å². The van der Waals surface area contributed by atoms with Crippen LogP contribution in [0.4, 0.5) is 4.39 Å². The van der Waals surface area contributed by atoms with Gasteiger partial charge in [0.1, 0.15) is 0 Å². The van der Waals surface area contributed by atoms with E-state index in [1.807, 2.05) is 13.0 Å². The van der Waals surface area contributed by atoms with E-state index in [9.17, 15) is 4.39 Å². The minimum Gasteiger partial charge on any atom is -0.491 e. The van der Waals surface area contributed by atoms with E-state index in [4.69, 9.17) is 10.5 Å². The third-order valence-corrected chi connectivity index (χ3v) is 3.28. The van der Waals surface area contributed by atoms with Crippen LogP contribution in [-0.2, 0) is 6.54 Å². The van der Waals surface area contributed by atoms with Gasteiger partial charge in [0.15, 0.2) is 11.6 Å². The molecule has 0 spiro atoms. The van der Waals surface area contributed by atoms with E-state index in [-0.39, 0.29) is 5.82 Å². The van der Waals surface area contributed by atoms with Crippen LogP contribution in [-0.4, -0.2) is 19.7 Å². The lowest BCUT2D eigenvalue weighted by molar-refractivity contribution is 0.321. The molecule has 3 nitrogen and oxygen atoms in total. The van der Waals surface area contributed by atoms with Crippen molar-refractivity contribution in [2.24, 2.45) is 17.6 Å². The standard InChI is InChI=1S/C15H25FN2O/c1-4-19-15-6-5-12(7-14(15)16)9-18-10-13(8-17)11(2)3/h5-7,11,13,18H,4,8-10,17H2,1-3H3. The largest absolute Gasteiger partial charge is 0.491 e. The molecule has 1 aromatic rings. The molecule has 0 fully saturated rings. The van der Waals surface area contributed by atoms with Crippen LogP contribution in [0, 0.1) is 17.7 Å². The van der Waals surface area contributed by atoms with Gasteiger partial charge in [-0.3, -0.25) is 0 Å². The van der Waals surface area contributed by atoms with Crippen molar-refractivity contribution in [2.45, 2.75) is 27.3 Å². The van der Waals surface area contributed by atoms with Gasteiger partial charge in [-0.05, 0) is 49.5 Å². The minimum absolute atomic E-state index is 0.305. The van der Waals surface area contributed by atoms with Crippen LogP contribution in [0.25, 0.3) is 0 Å². The molecule has 0 aliphatic heterocycles. The van der Waals surface area contributed by atoms with Gasteiger partial charge in [-0.2, -0.15) is 0 Å². The number of hydrogen-bond acceptors (Lipinski definition) is 3. The van der Waals surface area contributed by atoms with E-state index < -0.39 is 0 Å². The molecule has 0 aliphatic carbocycles. The van der Waals surface area contributed by atoms with Crippen molar-refractivity contribution < 1.29 is 9.13 Å². The lowest BCUT2D eigenvalue weighted by Gasteiger charge is -2.19. The Hall–Kier alpha value is -1.13. The van der Waals surface area contributed by atoms with Crippen molar-refractivity contribution in [1.29, 1.82) is 0 Å². The number of nitrogens with one attached hydrogen (secondary N) is 1.